The molecule has 1 aliphatic rings. The Hall–Kier alpha value is -1.55. The van der Waals surface area contributed by atoms with Gasteiger partial charge in [-0.25, -0.2) is 0 Å². The average Bonchev–Trinajstić information content (AvgIpc) is 2.54. The summed E-state index contributed by atoms with van der Waals surface area (Å²) in [6, 6.07) is 7.83. The lowest BCUT2D eigenvalue weighted by Gasteiger charge is -2.32. The molecule has 2 rings (SSSR count). The largest absolute Gasteiger partial charge is 0.353 e. The lowest BCUT2D eigenvalue weighted by atomic mass is 10.0. The second-order valence-corrected chi connectivity index (χ2v) is 6.88. The molecule has 0 unspecified atom stereocenters. The maximum absolute atomic E-state index is 12.3. The number of hydrogen-bond acceptors (Lipinski definition) is 2. The van der Waals surface area contributed by atoms with Gasteiger partial charge in [0.15, 0.2) is 0 Å². The van der Waals surface area contributed by atoms with Gasteiger partial charge in [-0.05, 0) is 37.0 Å². The van der Waals surface area contributed by atoms with Crippen LogP contribution >= 0.6 is 11.6 Å². The summed E-state index contributed by atoms with van der Waals surface area (Å²) in [6.45, 7) is 5.24. The number of hydrogen-bond donors (Lipinski definition) is 1. The van der Waals surface area contributed by atoms with Crippen molar-refractivity contribution < 1.29 is 9.59 Å². The number of nitrogens with zero attached hydrogens (tertiary/aromatic N) is 1. The van der Waals surface area contributed by atoms with Crippen LogP contribution in [-0.2, 0) is 16.0 Å². The van der Waals surface area contributed by atoms with E-state index in [0.717, 1.165) is 37.9 Å². The molecule has 5 heteroatoms. The third kappa shape index (κ3) is 5.54. The van der Waals surface area contributed by atoms with Crippen molar-refractivity contribution in [1.82, 2.24) is 10.2 Å². The first kappa shape index (κ1) is 17.8. The van der Waals surface area contributed by atoms with Crippen molar-refractivity contribution in [3.63, 3.8) is 0 Å². The number of amides is 2. The van der Waals surface area contributed by atoms with E-state index >= 15 is 0 Å². The number of carbonyl (C=O) groups is 2. The molecule has 0 aliphatic carbocycles. The van der Waals surface area contributed by atoms with Crippen LogP contribution in [0.2, 0.25) is 5.02 Å². The van der Waals surface area contributed by atoms with Crippen LogP contribution in [0.25, 0.3) is 0 Å². The third-order valence-corrected chi connectivity index (χ3v) is 4.51. The molecule has 1 aliphatic heterocycles. The lowest BCUT2D eigenvalue weighted by Crippen LogP contribution is -2.47. The Labute approximate surface area is 143 Å². The van der Waals surface area contributed by atoms with Crippen LogP contribution in [0.15, 0.2) is 24.3 Å². The molecule has 0 aromatic heterocycles. The normalized spacial score (nSPS) is 15.7. The van der Waals surface area contributed by atoms with E-state index in [-0.39, 0.29) is 23.8 Å². The molecular weight excluding hydrogens is 312 g/mol. The fraction of sp³-hybridized carbons (Fsp3) is 0.556. The first-order valence-corrected chi connectivity index (χ1v) is 8.66. The Morgan fingerprint density at radius 3 is 2.39 bits per heavy atom. The fourth-order valence-corrected chi connectivity index (χ4v) is 2.83. The van der Waals surface area contributed by atoms with Gasteiger partial charge in [-0.3, -0.25) is 9.59 Å². The Kier molecular flexibility index (Phi) is 6.46. The highest BCUT2D eigenvalue weighted by molar-refractivity contribution is 6.30. The smallest absolute Gasteiger partial charge is 0.222 e. The van der Waals surface area contributed by atoms with Gasteiger partial charge in [-0.1, -0.05) is 37.6 Å². The van der Waals surface area contributed by atoms with Crippen molar-refractivity contribution in [2.24, 2.45) is 5.92 Å². The number of benzene rings is 1. The summed E-state index contributed by atoms with van der Waals surface area (Å²) in [5, 5.41) is 3.77. The minimum absolute atomic E-state index is 0.00837. The topological polar surface area (TPSA) is 49.4 Å². The predicted octanol–water partition coefficient (Wildman–Crippen LogP) is 3.04. The van der Waals surface area contributed by atoms with Gasteiger partial charge in [-0.2, -0.15) is 0 Å². The van der Waals surface area contributed by atoms with Crippen LogP contribution in [0.1, 0.15) is 38.7 Å². The van der Waals surface area contributed by atoms with Crippen molar-refractivity contribution in [3.8, 4) is 0 Å². The van der Waals surface area contributed by atoms with Crippen LogP contribution in [0, 0.1) is 5.92 Å². The Balaban J connectivity index is 1.73. The lowest BCUT2D eigenvalue weighted by molar-refractivity contribution is -0.132. The van der Waals surface area contributed by atoms with Crippen LogP contribution in [0.3, 0.4) is 0 Å². The van der Waals surface area contributed by atoms with E-state index in [4.69, 9.17) is 11.6 Å². The van der Waals surface area contributed by atoms with Crippen molar-refractivity contribution in [3.05, 3.63) is 34.9 Å². The van der Waals surface area contributed by atoms with Gasteiger partial charge in [0, 0.05) is 36.5 Å². The quantitative estimate of drug-likeness (QED) is 0.898. The summed E-state index contributed by atoms with van der Waals surface area (Å²) < 4.78 is 0. The second kappa shape index (κ2) is 8.34. The van der Waals surface area contributed by atoms with Crippen molar-refractivity contribution in [1.29, 1.82) is 0 Å². The molecule has 126 valence electrons. The zero-order valence-electron chi connectivity index (χ0n) is 13.8. The maximum Gasteiger partial charge on any atom is 0.222 e. The molecule has 1 N–H and O–H groups in total. The molecule has 0 bridgehead atoms. The highest BCUT2D eigenvalue weighted by Crippen LogP contribution is 2.15. The first-order chi connectivity index (χ1) is 11.0. The monoisotopic (exact) mass is 336 g/mol. The molecule has 1 aromatic rings. The number of rotatable bonds is 5. The summed E-state index contributed by atoms with van der Waals surface area (Å²) in [5.74, 6) is 0.292. The second-order valence-electron chi connectivity index (χ2n) is 6.44. The van der Waals surface area contributed by atoms with Gasteiger partial charge in [-0.15, -0.1) is 0 Å². The van der Waals surface area contributed by atoms with E-state index in [1.165, 1.54) is 0 Å². The van der Waals surface area contributed by atoms with E-state index in [1.54, 1.807) is 0 Å². The van der Waals surface area contributed by atoms with Crippen molar-refractivity contribution in [2.75, 3.05) is 13.1 Å². The minimum atomic E-state index is 0.00837. The number of carbonyl (C=O) groups excluding carboxylic acids is 2. The molecule has 4 nitrogen and oxygen atoms in total. The van der Waals surface area contributed by atoms with Crippen LogP contribution < -0.4 is 5.32 Å². The molecule has 2 amide bonds. The molecule has 0 saturated carbocycles. The molecule has 0 atom stereocenters. The zero-order chi connectivity index (χ0) is 16.8. The summed E-state index contributed by atoms with van der Waals surface area (Å²) in [4.78, 5) is 25.9. The maximum atomic E-state index is 12.3. The minimum Gasteiger partial charge on any atom is -0.353 e. The number of halogens is 1. The predicted molar refractivity (Wildman–Crippen MR) is 92.4 cm³/mol. The zero-order valence-corrected chi connectivity index (χ0v) is 14.6. The third-order valence-electron chi connectivity index (χ3n) is 4.26. The Bertz CT molecular complexity index is 534. The SMILES string of the molecule is CC(C)C(=O)NC1CCN(C(=O)CCc2ccc(Cl)cc2)CC1. The van der Waals surface area contributed by atoms with Crippen LogP contribution in [0.4, 0.5) is 0 Å². The Morgan fingerprint density at radius 2 is 1.83 bits per heavy atom. The van der Waals surface area contributed by atoms with Gasteiger partial charge in [0.2, 0.25) is 11.8 Å². The molecular formula is C18H25ClN2O2. The standard InChI is InChI=1S/C18H25ClN2O2/c1-13(2)18(23)20-16-9-11-21(12-10-16)17(22)8-5-14-3-6-15(19)7-4-14/h3-4,6-7,13,16H,5,8-12H2,1-2H3,(H,20,23). The molecule has 1 saturated heterocycles. The first-order valence-electron chi connectivity index (χ1n) is 8.28. The number of nitrogens with one attached hydrogen (secondary N) is 1. The molecule has 1 heterocycles. The van der Waals surface area contributed by atoms with Crippen molar-refractivity contribution in [2.45, 2.75) is 45.6 Å². The van der Waals surface area contributed by atoms with E-state index in [9.17, 15) is 9.59 Å². The average molecular weight is 337 g/mol. The molecule has 1 aromatic carbocycles. The summed E-state index contributed by atoms with van der Waals surface area (Å²) >= 11 is 5.86. The summed E-state index contributed by atoms with van der Waals surface area (Å²) in [6.07, 6.45) is 2.93. The highest BCUT2D eigenvalue weighted by Gasteiger charge is 2.24. The number of likely N-dealkylation sites (tertiary alicyclic amines) is 1. The molecule has 23 heavy (non-hydrogen) atoms. The van der Waals surface area contributed by atoms with Gasteiger partial charge in [0.05, 0.1) is 0 Å². The molecule has 0 radical (unpaired) electrons. The van der Waals surface area contributed by atoms with E-state index < -0.39 is 0 Å². The van der Waals surface area contributed by atoms with E-state index in [0.29, 0.717) is 11.4 Å². The molecule has 1 fully saturated rings. The van der Waals surface area contributed by atoms with Crippen LogP contribution in [-0.4, -0.2) is 35.8 Å². The van der Waals surface area contributed by atoms with Gasteiger partial charge < -0.3 is 10.2 Å². The van der Waals surface area contributed by atoms with Crippen LogP contribution in [0.5, 0.6) is 0 Å². The van der Waals surface area contributed by atoms with Crippen molar-refractivity contribution >= 4 is 23.4 Å². The summed E-state index contributed by atoms with van der Waals surface area (Å²) in [5.41, 5.74) is 1.13. The molecule has 0 spiro atoms. The summed E-state index contributed by atoms with van der Waals surface area (Å²) in [7, 11) is 0. The van der Waals surface area contributed by atoms with E-state index in [2.05, 4.69) is 5.32 Å². The van der Waals surface area contributed by atoms with E-state index in [1.807, 2.05) is 43.0 Å². The fourth-order valence-electron chi connectivity index (χ4n) is 2.70. The number of piperidine rings is 1. The number of aryl methyl sites for hydroxylation is 1. The van der Waals surface area contributed by atoms with Gasteiger partial charge in [0.1, 0.15) is 0 Å². The Morgan fingerprint density at radius 1 is 1.22 bits per heavy atom. The van der Waals surface area contributed by atoms with Gasteiger partial charge >= 0.3 is 0 Å². The highest BCUT2D eigenvalue weighted by atomic mass is 35.5. The van der Waals surface area contributed by atoms with Gasteiger partial charge in [0.25, 0.3) is 0 Å².